The van der Waals surface area contributed by atoms with Crippen molar-refractivity contribution >= 4 is 22.6 Å². The van der Waals surface area contributed by atoms with Crippen LogP contribution >= 0.6 is 11.6 Å². The third-order valence-electron chi connectivity index (χ3n) is 2.19. The molecule has 1 aromatic carbocycles. The van der Waals surface area contributed by atoms with Gasteiger partial charge in [0.25, 0.3) is 0 Å². The van der Waals surface area contributed by atoms with Crippen molar-refractivity contribution in [2.75, 3.05) is 6.54 Å². The zero-order chi connectivity index (χ0) is 9.97. The molecule has 2 aromatic rings. The smallest absolute Gasteiger partial charge is 0.135 e. The highest BCUT2D eigenvalue weighted by Crippen LogP contribution is 2.26. The predicted molar refractivity (Wildman–Crippen MR) is 58.6 cm³/mol. The average Bonchev–Trinajstić information content (AvgIpc) is 2.59. The summed E-state index contributed by atoms with van der Waals surface area (Å²) in [7, 11) is 0. The van der Waals surface area contributed by atoms with Gasteiger partial charge >= 0.3 is 0 Å². The van der Waals surface area contributed by atoms with Gasteiger partial charge in [0.05, 0.1) is 5.02 Å². The van der Waals surface area contributed by atoms with E-state index in [9.17, 15) is 0 Å². The van der Waals surface area contributed by atoms with Crippen molar-refractivity contribution in [2.24, 2.45) is 5.73 Å². The lowest BCUT2D eigenvalue weighted by Gasteiger charge is -1.91. The van der Waals surface area contributed by atoms with Crippen molar-refractivity contribution in [3.63, 3.8) is 0 Å². The van der Waals surface area contributed by atoms with E-state index in [1.54, 1.807) is 0 Å². The standard InChI is InChI=1S/C11H12ClNO/c12-10-4-1-5-11-9(10)7-8(14-11)3-2-6-13/h1,4-5,7H,2-3,6,13H2. The van der Waals surface area contributed by atoms with E-state index in [-0.39, 0.29) is 0 Å². The Kier molecular flexibility index (Phi) is 2.75. The van der Waals surface area contributed by atoms with Crippen molar-refractivity contribution in [3.8, 4) is 0 Å². The second-order valence-electron chi connectivity index (χ2n) is 3.26. The maximum atomic E-state index is 6.02. The van der Waals surface area contributed by atoms with E-state index < -0.39 is 0 Å². The summed E-state index contributed by atoms with van der Waals surface area (Å²) in [6, 6.07) is 7.67. The fourth-order valence-electron chi connectivity index (χ4n) is 1.48. The summed E-state index contributed by atoms with van der Waals surface area (Å²) in [5, 5.41) is 1.73. The van der Waals surface area contributed by atoms with E-state index in [2.05, 4.69) is 0 Å². The Balaban J connectivity index is 2.36. The molecule has 1 aromatic heterocycles. The molecule has 0 aliphatic rings. The molecule has 2 rings (SSSR count). The second-order valence-corrected chi connectivity index (χ2v) is 3.66. The minimum absolute atomic E-state index is 0.685. The number of halogens is 1. The Hall–Kier alpha value is -0.990. The second kappa shape index (κ2) is 4.03. The SMILES string of the molecule is NCCCc1cc2c(Cl)cccc2o1. The first-order valence-electron chi connectivity index (χ1n) is 4.68. The number of benzene rings is 1. The topological polar surface area (TPSA) is 39.2 Å². The number of fused-ring (bicyclic) bond motifs is 1. The van der Waals surface area contributed by atoms with Crippen LogP contribution in [0.1, 0.15) is 12.2 Å². The van der Waals surface area contributed by atoms with Crippen LogP contribution in [0.3, 0.4) is 0 Å². The first-order chi connectivity index (χ1) is 6.81. The van der Waals surface area contributed by atoms with E-state index in [0.29, 0.717) is 6.54 Å². The van der Waals surface area contributed by atoms with Crippen molar-refractivity contribution in [1.29, 1.82) is 0 Å². The molecule has 0 unspecified atom stereocenters. The number of furan rings is 1. The van der Waals surface area contributed by atoms with Gasteiger partial charge in [-0.05, 0) is 31.2 Å². The monoisotopic (exact) mass is 209 g/mol. The van der Waals surface area contributed by atoms with Crippen LogP contribution in [-0.2, 0) is 6.42 Å². The molecular weight excluding hydrogens is 198 g/mol. The Morgan fingerprint density at radius 3 is 2.93 bits per heavy atom. The molecule has 3 heteroatoms. The molecule has 14 heavy (non-hydrogen) atoms. The molecule has 2 N–H and O–H groups in total. The Morgan fingerprint density at radius 1 is 1.36 bits per heavy atom. The lowest BCUT2D eigenvalue weighted by molar-refractivity contribution is 0.540. The summed E-state index contributed by atoms with van der Waals surface area (Å²) in [6.45, 7) is 0.685. The predicted octanol–water partition coefficient (Wildman–Crippen LogP) is 2.98. The lowest BCUT2D eigenvalue weighted by Crippen LogP contribution is -1.99. The third kappa shape index (κ3) is 1.76. The highest BCUT2D eigenvalue weighted by molar-refractivity contribution is 6.35. The highest BCUT2D eigenvalue weighted by atomic mass is 35.5. The van der Waals surface area contributed by atoms with E-state index in [0.717, 1.165) is 34.6 Å². The average molecular weight is 210 g/mol. The maximum absolute atomic E-state index is 6.02. The van der Waals surface area contributed by atoms with Gasteiger partial charge in [0.15, 0.2) is 0 Å². The van der Waals surface area contributed by atoms with Gasteiger partial charge in [0.2, 0.25) is 0 Å². The zero-order valence-electron chi connectivity index (χ0n) is 7.79. The fraction of sp³-hybridized carbons (Fsp3) is 0.273. The molecule has 0 aliphatic carbocycles. The third-order valence-corrected chi connectivity index (χ3v) is 2.52. The van der Waals surface area contributed by atoms with Crippen LogP contribution < -0.4 is 5.73 Å². The normalized spacial score (nSPS) is 11.0. The highest BCUT2D eigenvalue weighted by Gasteiger charge is 2.05. The largest absolute Gasteiger partial charge is 0.461 e. The quantitative estimate of drug-likeness (QED) is 0.844. The Bertz CT molecular complexity index is 436. The molecule has 0 aliphatic heterocycles. The van der Waals surface area contributed by atoms with Gasteiger partial charge < -0.3 is 10.2 Å². The molecule has 1 heterocycles. The molecule has 0 radical (unpaired) electrons. The Morgan fingerprint density at radius 2 is 2.21 bits per heavy atom. The summed E-state index contributed by atoms with van der Waals surface area (Å²) in [5.41, 5.74) is 6.28. The number of hydrogen-bond donors (Lipinski definition) is 1. The number of nitrogens with two attached hydrogens (primary N) is 1. The molecule has 0 saturated heterocycles. The fourth-order valence-corrected chi connectivity index (χ4v) is 1.70. The van der Waals surface area contributed by atoms with Crippen molar-refractivity contribution in [2.45, 2.75) is 12.8 Å². The van der Waals surface area contributed by atoms with Crippen LogP contribution in [0.2, 0.25) is 5.02 Å². The summed E-state index contributed by atoms with van der Waals surface area (Å²) in [5.74, 6) is 0.957. The molecule has 0 amide bonds. The molecule has 0 bridgehead atoms. The van der Waals surface area contributed by atoms with Crippen molar-refractivity contribution in [1.82, 2.24) is 0 Å². The Labute approximate surface area is 87.6 Å². The minimum atomic E-state index is 0.685. The molecule has 0 saturated carbocycles. The van der Waals surface area contributed by atoms with E-state index in [4.69, 9.17) is 21.8 Å². The van der Waals surface area contributed by atoms with Crippen LogP contribution in [-0.4, -0.2) is 6.54 Å². The molecule has 0 atom stereocenters. The number of aryl methyl sites for hydroxylation is 1. The molecule has 0 fully saturated rings. The van der Waals surface area contributed by atoms with Gasteiger partial charge in [-0.3, -0.25) is 0 Å². The van der Waals surface area contributed by atoms with E-state index >= 15 is 0 Å². The van der Waals surface area contributed by atoms with E-state index in [1.807, 2.05) is 24.3 Å². The molecule has 0 spiro atoms. The minimum Gasteiger partial charge on any atom is -0.461 e. The van der Waals surface area contributed by atoms with Crippen LogP contribution in [0.25, 0.3) is 11.0 Å². The first-order valence-corrected chi connectivity index (χ1v) is 5.06. The molecular formula is C11H12ClNO. The summed E-state index contributed by atoms with van der Waals surface area (Å²) in [6.07, 6.45) is 1.82. The van der Waals surface area contributed by atoms with Crippen LogP contribution in [0.15, 0.2) is 28.7 Å². The summed E-state index contributed by atoms with van der Waals surface area (Å²) in [4.78, 5) is 0. The maximum Gasteiger partial charge on any atom is 0.135 e. The summed E-state index contributed by atoms with van der Waals surface area (Å²) >= 11 is 6.02. The lowest BCUT2D eigenvalue weighted by atomic mass is 10.2. The van der Waals surface area contributed by atoms with Gasteiger partial charge in [-0.1, -0.05) is 17.7 Å². The molecule has 2 nitrogen and oxygen atoms in total. The summed E-state index contributed by atoms with van der Waals surface area (Å²) < 4.78 is 5.61. The van der Waals surface area contributed by atoms with Gasteiger partial charge in [-0.15, -0.1) is 0 Å². The van der Waals surface area contributed by atoms with Crippen molar-refractivity contribution in [3.05, 3.63) is 35.0 Å². The van der Waals surface area contributed by atoms with Crippen LogP contribution in [0.5, 0.6) is 0 Å². The van der Waals surface area contributed by atoms with Crippen LogP contribution in [0.4, 0.5) is 0 Å². The molecule has 74 valence electrons. The van der Waals surface area contributed by atoms with Gasteiger partial charge in [0, 0.05) is 11.8 Å². The van der Waals surface area contributed by atoms with Gasteiger partial charge in [-0.2, -0.15) is 0 Å². The van der Waals surface area contributed by atoms with E-state index in [1.165, 1.54) is 0 Å². The van der Waals surface area contributed by atoms with Crippen LogP contribution in [0, 0.1) is 0 Å². The van der Waals surface area contributed by atoms with Gasteiger partial charge in [0.1, 0.15) is 11.3 Å². The van der Waals surface area contributed by atoms with Gasteiger partial charge in [-0.25, -0.2) is 0 Å². The number of rotatable bonds is 3. The first kappa shape index (κ1) is 9.56. The number of hydrogen-bond acceptors (Lipinski definition) is 2. The zero-order valence-corrected chi connectivity index (χ0v) is 8.55. The van der Waals surface area contributed by atoms with Crippen molar-refractivity contribution < 1.29 is 4.42 Å².